The molecule has 1 aromatic carbocycles. The number of nitrogens with one attached hydrogen (secondary N) is 1. The summed E-state index contributed by atoms with van der Waals surface area (Å²) >= 11 is 0. The van der Waals surface area contributed by atoms with Crippen LogP contribution in [0, 0.1) is 11.8 Å². The molecule has 28 heavy (non-hydrogen) atoms. The average molecular weight is 379 g/mol. The minimum absolute atomic E-state index is 0.0236. The topological polar surface area (TPSA) is 75.3 Å². The van der Waals surface area contributed by atoms with E-state index in [1.54, 1.807) is 0 Å². The highest BCUT2D eigenvalue weighted by Crippen LogP contribution is 2.32. The highest BCUT2D eigenvalue weighted by atomic mass is 16.5. The molecule has 0 saturated heterocycles. The zero-order valence-electron chi connectivity index (χ0n) is 15.9. The number of carbonyl (C=O) groups excluding carboxylic acids is 1. The maximum atomic E-state index is 13.2. The van der Waals surface area contributed by atoms with Gasteiger partial charge in [-0.05, 0) is 49.7 Å². The van der Waals surface area contributed by atoms with Crippen molar-refractivity contribution in [3.8, 4) is 5.75 Å². The molecular formula is C22H25N3O3. The fraction of sp³-hybridized carbons (Fsp3) is 0.500. The van der Waals surface area contributed by atoms with Crippen LogP contribution in [0.3, 0.4) is 0 Å². The number of carbonyl (C=O) groups is 1. The first kappa shape index (κ1) is 17.5. The Morgan fingerprint density at radius 1 is 1.25 bits per heavy atom. The van der Waals surface area contributed by atoms with Crippen LogP contribution in [0.1, 0.15) is 41.9 Å². The van der Waals surface area contributed by atoms with Crippen molar-refractivity contribution in [3.05, 3.63) is 57.3 Å². The number of rotatable bonds is 3. The van der Waals surface area contributed by atoms with E-state index in [1.807, 2.05) is 29.2 Å². The number of H-pyrrole nitrogens is 1. The van der Waals surface area contributed by atoms with E-state index >= 15 is 0 Å². The molecule has 0 spiro atoms. The Kier molecular flexibility index (Phi) is 4.41. The summed E-state index contributed by atoms with van der Waals surface area (Å²) in [6.07, 6.45) is 5.27. The Balaban J connectivity index is 1.34. The molecular weight excluding hydrogens is 354 g/mol. The third-order valence-corrected chi connectivity index (χ3v) is 6.13. The van der Waals surface area contributed by atoms with E-state index in [2.05, 4.69) is 4.98 Å². The van der Waals surface area contributed by atoms with Gasteiger partial charge in [0.15, 0.2) is 0 Å². The Morgan fingerprint density at radius 3 is 2.96 bits per heavy atom. The first-order valence-electron chi connectivity index (χ1n) is 10.3. The second-order valence-corrected chi connectivity index (χ2v) is 8.24. The second-order valence-electron chi connectivity index (χ2n) is 8.24. The smallest absolute Gasteiger partial charge is 0.254 e. The molecule has 0 radical (unpaired) electrons. The maximum absolute atomic E-state index is 13.2. The molecule has 2 aliphatic heterocycles. The average Bonchev–Trinajstić information content (AvgIpc) is 3.53. The Hall–Kier alpha value is -2.63. The van der Waals surface area contributed by atoms with E-state index in [0.717, 1.165) is 34.8 Å². The van der Waals surface area contributed by atoms with Gasteiger partial charge in [0.1, 0.15) is 11.6 Å². The van der Waals surface area contributed by atoms with Crippen LogP contribution in [-0.2, 0) is 30.6 Å². The lowest BCUT2D eigenvalue weighted by Crippen LogP contribution is -2.42. The summed E-state index contributed by atoms with van der Waals surface area (Å²) in [6.45, 7) is 1.58. The molecule has 1 amide bonds. The van der Waals surface area contributed by atoms with Gasteiger partial charge in [0.05, 0.1) is 18.8 Å². The normalized spacial score (nSPS) is 21.3. The van der Waals surface area contributed by atoms with E-state index in [9.17, 15) is 9.59 Å². The largest absolute Gasteiger partial charge is 0.493 e. The standard InChI is InChI=1S/C22H25N3O3/c26-21-17-7-9-25(13-18(17)23-20(24-21)11-14-5-6-14)22(27)16-8-10-28-19-4-2-1-3-15(19)12-16/h1-4,14,16H,5-13H2,(H,23,24,26)/t16-/m0/s1. The molecule has 6 heteroatoms. The summed E-state index contributed by atoms with van der Waals surface area (Å²) in [5.74, 6) is 2.39. The minimum atomic E-state index is -0.0851. The van der Waals surface area contributed by atoms with E-state index in [1.165, 1.54) is 12.8 Å². The Labute approximate surface area is 163 Å². The molecule has 1 N–H and O–H groups in total. The number of hydrogen-bond acceptors (Lipinski definition) is 4. The molecule has 146 valence electrons. The summed E-state index contributed by atoms with van der Waals surface area (Å²) in [5, 5.41) is 0. The third-order valence-electron chi connectivity index (χ3n) is 6.13. The van der Waals surface area contributed by atoms with Crippen molar-refractivity contribution in [2.45, 2.75) is 45.1 Å². The van der Waals surface area contributed by atoms with Gasteiger partial charge in [-0.3, -0.25) is 9.59 Å². The fourth-order valence-electron chi connectivity index (χ4n) is 4.33. The van der Waals surface area contributed by atoms with Crippen LogP contribution in [0.25, 0.3) is 0 Å². The molecule has 6 nitrogen and oxygen atoms in total. The van der Waals surface area contributed by atoms with Gasteiger partial charge >= 0.3 is 0 Å². The molecule has 3 heterocycles. The quantitative estimate of drug-likeness (QED) is 0.888. The lowest BCUT2D eigenvalue weighted by Gasteiger charge is -2.30. The van der Waals surface area contributed by atoms with Gasteiger partial charge in [0.25, 0.3) is 5.56 Å². The molecule has 1 aromatic heterocycles. The molecule has 2 aromatic rings. The van der Waals surface area contributed by atoms with Gasteiger partial charge in [-0.1, -0.05) is 18.2 Å². The molecule has 1 fully saturated rings. The highest BCUT2D eigenvalue weighted by Gasteiger charge is 2.31. The van der Waals surface area contributed by atoms with Gasteiger partial charge in [0, 0.05) is 24.4 Å². The van der Waals surface area contributed by atoms with E-state index in [0.29, 0.717) is 44.9 Å². The van der Waals surface area contributed by atoms with Crippen LogP contribution in [0.15, 0.2) is 29.1 Å². The summed E-state index contributed by atoms with van der Waals surface area (Å²) in [7, 11) is 0. The highest BCUT2D eigenvalue weighted by molar-refractivity contribution is 5.79. The van der Waals surface area contributed by atoms with Gasteiger partial charge < -0.3 is 14.6 Å². The molecule has 1 aliphatic carbocycles. The van der Waals surface area contributed by atoms with Crippen LogP contribution < -0.4 is 10.3 Å². The van der Waals surface area contributed by atoms with Crippen molar-refractivity contribution in [3.63, 3.8) is 0 Å². The van der Waals surface area contributed by atoms with E-state index in [4.69, 9.17) is 9.72 Å². The third kappa shape index (κ3) is 3.43. The number of para-hydroxylation sites is 1. The molecule has 1 atom stereocenters. The fourth-order valence-corrected chi connectivity index (χ4v) is 4.33. The first-order valence-corrected chi connectivity index (χ1v) is 10.3. The number of aromatic amines is 1. The molecule has 0 bridgehead atoms. The van der Waals surface area contributed by atoms with E-state index in [-0.39, 0.29) is 17.4 Å². The van der Waals surface area contributed by atoms with Crippen LogP contribution in [0.4, 0.5) is 0 Å². The number of aromatic nitrogens is 2. The molecule has 0 unspecified atom stereocenters. The summed E-state index contributed by atoms with van der Waals surface area (Å²) in [4.78, 5) is 35.2. The van der Waals surface area contributed by atoms with Gasteiger partial charge in [-0.25, -0.2) is 4.98 Å². The molecule has 3 aliphatic rings. The lowest BCUT2D eigenvalue weighted by atomic mass is 9.94. The number of amides is 1. The van der Waals surface area contributed by atoms with Crippen molar-refractivity contribution >= 4 is 5.91 Å². The minimum Gasteiger partial charge on any atom is -0.493 e. The summed E-state index contributed by atoms with van der Waals surface area (Å²) in [6, 6.07) is 7.96. The predicted molar refractivity (Wildman–Crippen MR) is 104 cm³/mol. The number of hydrogen-bond donors (Lipinski definition) is 1. The Morgan fingerprint density at radius 2 is 2.11 bits per heavy atom. The Bertz CT molecular complexity index is 964. The van der Waals surface area contributed by atoms with Gasteiger partial charge in [-0.15, -0.1) is 0 Å². The van der Waals surface area contributed by atoms with Crippen LogP contribution in [-0.4, -0.2) is 33.9 Å². The predicted octanol–water partition coefficient (Wildman–Crippen LogP) is 2.25. The van der Waals surface area contributed by atoms with Crippen LogP contribution in [0.2, 0.25) is 0 Å². The van der Waals surface area contributed by atoms with Crippen molar-refractivity contribution < 1.29 is 9.53 Å². The maximum Gasteiger partial charge on any atom is 0.254 e. The van der Waals surface area contributed by atoms with Gasteiger partial charge in [0.2, 0.25) is 5.91 Å². The summed E-state index contributed by atoms with van der Waals surface area (Å²) < 4.78 is 5.82. The van der Waals surface area contributed by atoms with Crippen molar-refractivity contribution in [1.82, 2.24) is 14.9 Å². The number of ether oxygens (including phenoxy) is 1. The first-order chi connectivity index (χ1) is 13.7. The van der Waals surface area contributed by atoms with Crippen LogP contribution >= 0.6 is 0 Å². The zero-order chi connectivity index (χ0) is 19.1. The van der Waals surface area contributed by atoms with Crippen molar-refractivity contribution in [2.24, 2.45) is 11.8 Å². The number of benzene rings is 1. The van der Waals surface area contributed by atoms with Crippen molar-refractivity contribution in [2.75, 3.05) is 13.2 Å². The second kappa shape index (κ2) is 7.08. The molecule has 1 saturated carbocycles. The number of nitrogens with zero attached hydrogens (tertiary/aromatic N) is 2. The van der Waals surface area contributed by atoms with E-state index < -0.39 is 0 Å². The number of fused-ring (bicyclic) bond motifs is 2. The molecule has 5 rings (SSSR count). The van der Waals surface area contributed by atoms with Crippen LogP contribution in [0.5, 0.6) is 5.75 Å². The summed E-state index contributed by atoms with van der Waals surface area (Å²) in [5.41, 5.74) is 2.60. The monoisotopic (exact) mass is 379 g/mol. The van der Waals surface area contributed by atoms with Crippen molar-refractivity contribution in [1.29, 1.82) is 0 Å². The lowest BCUT2D eigenvalue weighted by molar-refractivity contribution is -0.136. The van der Waals surface area contributed by atoms with Gasteiger partial charge in [-0.2, -0.15) is 0 Å². The zero-order valence-corrected chi connectivity index (χ0v) is 15.9. The SMILES string of the molecule is O=C([C@H]1CCOc2ccccc2C1)N1CCc2c(nc(CC3CC3)[nH]c2=O)C1.